The monoisotopic (exact) mass is 734 g/mol. The largest absolute Gasteiger partial charge is 0.504 e. The molecule has 2 amide bonds. The van der Waals surface area contributed by atoms with Crippen LogP contribution < -0.4 is 14.5 Å². The van der Waals surface area contributed by atoms with Gasteiger partial charge in [0.1, 0.15) is 0 Å². The van der Waals surface area contributed by atoms with Crippen LogP contribution in [0.15, 0.2) is 121 Å². The number of amides is 2. The number of ketones is 2. The van der Waals surface area contributed by atoms with Crippen molar-refractivity contribution in [2.24, 2.45) is 23.7 Å². The van der Waals surface area contributed by atoms with E-state index < -0.39 is 35.0 Å². The van der Waals surface area contributed by atoms with E-state index in [9.17, 15) is 14.7 Å². The van der Waals surface area contributed by atoms with Crippen molar-refractivity contribution in [2.45, 2.75) is 31.1 Å². The van der Waals surface area contributed by atoms with Crippen LogP contribution in [-0.4, -0.2) is 61.4 Å². The number of morpholine rings is 1. The Labute approximate surface area is 319 Å². The number of carbonyl (C=O) groups is 4. The van der Waals surface area contributed by atoms with Crippen molar-refractivity contribution >= 4 is 40.3 Å². The van der Waals surface area contributed by atoms with Gasteiger partial charge in [-0.25, -0.2) is 0 Å². The van der Waals surface area contributed by atoms with E-state index >= 15 is 9.59 Å². The van der Waals surface area contributed by atoms with E-state index in [1.807, 2.05) is 91.9 Å². The molecule has 3 aliphatic carbocycles. The molecule has 9 nitrogen and oxygen atoms in total. The third-order valence-electron chi connectivity index (χ3n) is 12.5. The van der Waals surface area contributed by atoms with Gasteiger partial charge in [0.05, 0.1) is 42.8 Å². The van der Waals surface area contributed by atoms with Gasteiger partial charge in [0, 0.05) is 36.2 Å². The van der Waals surface area contributed by atoms with Gasteiger partial charge in [-0.15, -0.1) is 0 Å². The molecule has 1 N–H and O–H groups in total. The smallest absolute Gasteiger partial charge is 0.238 e. The first kappa shape index (κ1) is 34.9. The van der Waals surface area contributed by atoms with Gasteiger partial charge in [-0.3, -0.25) is 24.1 Å². The van der Waals surface area contributed by atoms with E-state index in [2.05, 4.69) is 11.0 Å². The highest BCUT2D eigenvalue weighted by Gasteiger charge is 2.66. The lowest BCUT2D eigenvalue weighted by molar-refractivity contribution is -0.135. The van der Waals surface area contributed by atoms with Crippen molar-refractivity contribution in [1.29, 1.82) is 0 Å². The van der Waals surface area contributed by atoms with Crippen LogP contribution in [0.5, 0.6) is 11.5 Å². The van der Waals surface area contributed by atoms with Crippen molar-refractivity contribution < 1.29 is 33.8 Å². The summed E-state index contributed by atoms with van der Waals surface area (Å²) in [5, 5.41) is 10.8. The Kier molecular flexibility index (Phi) is 8.77. The number of hydrogen-bond donors (Lipinski definition) is 1. The first-order valence-electron chi connectivity index (χ1n) is 19.2. The lowest BCUT2D eigenvalue weighted by Gasteiger charge is -2.55. The molecule has 2 heterocycles. The lowest BCUT2D eigenvalue weighted by atomic mass is 9.44. The zero-order valence-electron chi connectivity index (χ0n) is 30.6. The molecule has 0 spiro atoms. The van der Waals surface area contributed by atoms with Gasteiger partial charge >= 0.3 is 0 Å². The fraction of sp³-hybridized carbons (Fsp3) is 0.304. The maximum absolute atomic E-state index is 15.3. The minimum atomic E-state index is -1.37. The predicted molar refractivity (Wildman–Crippen MR) is 208 cm³/mol. The van der Waals surface area contributed by atoms with Gasteiger partial charge in [0.25, 0.3) is 0 Å². The number of Topliss-reactive ketones (excluding diaryl/α,β-unsaturated/α-hetero) is 1. The Morgan fingerprint density at radius 3 is 2.22 bits per heavy atom. The third kappa shape index (κ3) is 5.47. The van der Waals surface area contributed by atoms with Gasteiger partial charge in [0.2, 0.25) is 11.8 Å². The molecule has 5 aliphatic rings. The van der Waals surface area contributed by atoms with Crippen molar-refractivity contribution in [3.8, 4) is 11.5 Å². The van der Waals surface area contributed by atoms with Crippen molar-refractivity contribution in [2.75, 3.05) is 42.7 Å². The molecule has 6 atom stereocenters. The standard InChI is InChI=1S/C46H42N2O7/c1-2-55-39-25-29(13-20-38(39)49)42-33-18-19-34-41(45(53)48(44(34)52)32-16-14-31(15-17-32)47-21-23-54-24-22-47)36(33)26-37-43(51)35(28-9-5-3-6-10-28)27-40(50)46(37,42)30-11-7-4-8-12-30/h3-18,20,25,27,34,36-37,41-42,49H,2,19,21-24,26H2,1H3/t34-,36+,37-,41-,42-,46-/m0/s1. The van der Waals surface area contributed by atoms with Crippen LogP contribution in [0.1, 0.15) is 42.4 Å². The average Bonchev–Trinajstić information content (AvgIpc) is 3.49. The number of allylic oxidation sites excluding steroid dienone is 4. The van der Waals surface area contributed by atoms with Crippen LogP contribution in [0.25, 0.3) is 5.57 Å². The topological polar surface area (TPSA) is 113 Å². The number of benzene rings is 4. The molecule has 9 heteroatoms. The normalized spacial score (nSPS) is 27.5. The molecule has 0 unspecified atom stereocenters. The fourth-order valence-corrected chi connectivity index (χ4v) is 10.1. The second kappa shape index (κ2) is 13.8. The number of phenolic OH excluding ortho intramolecular Hbond substituents is 1. The lowest BCUT2D eigenvalue weighted by Crippen LogP contribution is -2.58. The summed E-state index contributed by atoms with van der Waals surface area (Å²) in [4.78, 5) is 63.1. The number of aromatic hydroxyl groups is 1. The molecule has 55 heavy (non-hydrogen) atoms. The molecule has 4 aromatic carbocycles. The third-order valence-corrected chi connectivity index (χ3v) is 12.5. The number of anilines is 2. The number of ether oxygens (including phenoxy) is 2. The van der Waals surface area contributed by atoms with Gasteiger partial charge in [-0.05, 0) is 84.8 Å². The van der Waals surface area contributed by atoms with Crippen LogP contribution in [0.2, 0.25) is 0 Å². The zero-order valence-corrected chi connectivity index (χ0v) is 30.6. The SMILES string of the molecule is CCOc1cc([C@H]2C3=CC[C@@H]4C(=O)N(c5ccc(N6CCOCC6)cc5)C(=O)[C@@H]4[C@@H]3C[C@H]3C(=O)C(c4ccccc4)=CC(=O)[C@@]23c2ccccc2)ccc1O. The summed E-state index contributed by atoms with van der Waals surface area (Å²) in [6, 6.07) is 31.4. The maximum atomic E-state index is 15.3. The highest BCUT2D eigenvalue weighted by Crippen LogP contribution is 2.64. The average molecular weight is 735 g/mol. The highest BCUT2D eigenvalue weighted by molar-refractivity contribution is 6.32. The summed E-state index contributed by atoms with van der Waals surface area (Å²) in [6.07, 6.45) is 4.09. The molecule has 1 saturated carbocycles. The number of phenols is 1. The van der Waals surface area contributed by atoms with Crippen LogP contribution in [0.4, 0.5) is 11.4 Å². The van der Waals surface area contributed by atoms with Gasteiger partial charge in [-0.2, -0.15) is 0 Å². The Balaban J connectivity index is 1.19. The summed E-state index contributed by atoms with van der Waals surface area (Å²) >= 11 is 0. The second-order valence-corrected chi connectivity index (χ2v) is 15.1. The second-order valence-electron chi connectivity index (χ2n) is 15.1. The van der Waals surface area contributed by atoms with E-state index in [4.69, 9.17) is 9.47 Å². The first-order chi connectivity index (χ1) is 26.8. The van der Waals surface area contributed by atoms with E-state index in [-0.39, 0.29) is 41.3 Å². The van der Waals surface area contributed by atoms with Crippen molar-refractivity contribution in [3.63, 3.8) is 0 Å². The summed E-state index contributed by atoms with van der Waals surface area (Å²) in [6.45, 7) is 4.97. The van der Waals surface area contributed by atoms with Gasteiger partial charge in [-0.1, -0.05) is 78.4 Å². The minimum Gasteiger partial charge on any atom is -0.504 e. The number of rotatable bonds is 7. The molecular weight excluding hydrogens is 693 g/mol. The predicted octanol–water partition coefficient (Wildman–Crippen LogP) is 6.66. The number of carbonyl (C=O) groups excluding carboxylic acids is 4. The van der Waals surface area contributed by atoms with Crippen LogP contribution >= 0.6 is 0 Å². The molecule has 2 saturated heterocycles. The molecule has 4 aromatic rings. The zero-order chi connectivity index (χ0) is 37.8. The summed E-state index contributed by atoms with van der Waals surface area (Å²) in [7, 11) is 0. The van der Waals surface area contributed by atoms with Crippen molar-refractivity contribution in [1.82, 2.24) is 0 Å². The molecule has 2 aliphatic heterocycles. The molecule has 0 bridgehead atoms. The molecular formula is C46H42N2O7. The van der Waals surface area contributed by atoms with Crippen LogP contribution in [0, 0.1) is 23.7 Å². The summed E-state index contributed by atoms with van der Waals surface area (Å²) < 4.78 is 11.4. The number of hydrogen-bond acceptors (Lipinski definition) is 8. The fourth-order valence-electron chi connectivity index (χ4n) is 10.1. The maximum Gasteiger partial charge on any atom is 0.238 e. The quantitative estimate of drug-likeness (QED) is 0.166. The van der Waals surface area contributed by atoms with E-state index in [0.717, 1.165) is 24.4 Å². The Hall–Kier alpha value is -5.80. The molecule has 9 rings (SSSR count). The molecule has 3 fully saturated rings. The molecule has 0 radical (unpaired) electrons. The number of nitrogens with zero attached hydrogens (tertiary/aromatic N) is 2. The summed E-state index contributed by atoms with van der Waals surface area (Å²) in [5.74, 6) is -4.07. The van der Waals surface area contributed by atoms with Crippen LogP contribution in [-0.2, 0) is 29.3 Å². The van der Waals surface area contributed by atoms with Crippen LogP contribution in [0.3, 0.4) is 0 Å². The Morgan fingerprint density at radius 2 is 1.51 bits per heavy atom. The number of fused-ring (bicyclic) bond motifs is 4. The Bertz CT molecular complexity index is 2240. The van der Waals surface area contributed by atoms with Gasteiger partial charge < -0.3 is 19.5 Å². The van der Waals surface area contributed by atoms with E-state index in [1.54, 1.807) is 18.2 Å². The van der Waals surface area contributed by atoms with Crippen molar-refractivity contribution in [3.05, 3.63) is 138 Å². The van der Waals surface area contributed by atoms with E-state index in [1.165, 1.54) is 11.0 Å². The number of imide groups is 1. The highest BCUT2D eigenvalue weighted by atomic mass is 16.5. The molecule has 278 valence electrons. The van der Waals surface area contributed by atoms with Gasteiger partial charge in [0.15, 0.2) is 23.1 Å². The minimum absolute atomic E-state index is 0.0369. The molecule has 0 aromatic heterocycles. The van der Waals surface area contributed by atoms with E-state index in [0.29, 0.717) is 54.2 Å². The Morgan fingerprint density at radius 1 is 0.818 bits per heavy atom. The summed E-state index contributed by atoms with van der Waals surface area (Å²) in [5.41, 5.74) is 3.41. The first-order valence-corrected chi connectivity index (χ1v) is 19.2.